The Morgan fingerprint density at radius 2 is 2.00 bits per heavy atom. The van der Waals surface area contributed by atoms with Crippen molar-refractivity contribution >= 4 is 17.6 Å². The number of anilines is 3. The highest BCUT2D eigenvalue weighted by Crippen LogP contribution is 2.23. The molecule has 0 atom stereocenters. The van der Waals surface area contributed by atoms with Gasteiger partial charge in [0.25, 0.3) is 0 Å². The van der Waals surface area contributed by atoms with Crippen molar-refractivity contribution in [2.75, 3.05) is 24.3 Å². The van der Waals surface area contributed by atoms with E-state index in [4.69, 9.17) is 15.7 Å². The van der Waals surface area contributed by atoms with Gasteiger partial charge in [-0.3, -0.25) is 0 Å². The van der Waals surface area contributed by atoms with Crippen LogP contribution in [0.1, 0.15) is 6.42 Å². The first-order valence-electron chi connectivity index (χ1n) is 5.99. The van der Waals surface area contributed by atoms with Crippen molar-refractivity contribution in [3.63, 3.8) is 0 Å². The average Bonchev–Trinajstić information content (AvgIpc) is 2.48. The number of hydrogen-bond donors (Lipinski definition) is 1. The molecule has 0 aliphatic heterocycles. The fraction of sp³-hybridized carbons (Fsp3) is 0.231. The number of methoxy groups -OCH3 is 1. The molecule has 20 heavy (non-hydrogen) atoms. The maximum Gasteiger partial charge on any atom is 0.322 e. The Morgan fingerprint density at radius 1 is 1.25 bits per heavy atom. The van der Waals surface area contributed by atoms with Gasteiger partial charge in [-0.25, -0.2) is 0 Å². The molecule has 0 bridgehead atoms. The first kappa shape index (κ1) is 13.5. The minimum atomic E-state index is 0.0738. The molecule has 1 aromatic carbocycles. The number of nitriles is 1. The molecule has 0 amide bonds. The van der Waals surface area contributed by atoms with Crippen molar-refractivity contribution in [1.82, 2.24) is 15.0 Å². The zero-order chi connectivity index (χ0) is 14.4. The highest BCUT2D eigenvalue weighted by atomic mass is 16.5. The lowest BCUT2D eigenvalue weighted by Gasteiger charge is -2.21. The van der Waals surface area contributed by atoms with Crippen LogP contribution >= 0.6 is 0 Å². The van der Waals surface area contributed by atoms with E-state index < -0.39 is 0 Å². The standard InChI is InChI=1S/C13H14N6O/c1-20-13-17-11(15)16-12(18-13)19(9-5-8-14)10-6-3-2-4-7-10/h2-4,6-7H,5,9H2,1H3,(H2,15,16,17,18). The average molecular weight is 270 g/mol. The topological polar surface area (TPSA) is 101 Å². The van der Waals surface area contributed by atoms with Gasteiger partial charge in [-0.1, -0.05) is 18.2 Å². The quantitative estimate of drug-likeness (QED) is 0.878. The van der Waals surface area contributed by atoms with Gasteiger partial charge < -0.3 is 15.4 Å². The van der Waals surface area contributed by atoms with Crippen LogP contribution in [0.3, 0.4) is 0 Å². The summed E-state index contributed by atoms with van der Waals surface area (Å²) in [6.07, 6.45) is 0.336. The van der Waals surface area contributed by atoms with E-state index in [1.807, 2.05) is 30.3 Å². The van der Waals surface area contributed by atoms with Crippen molar-refractivity contribution in [3.8, 4) is 12.1 Å². The second-order valence-corrected chi connectivity index (χ2v) is 3.88. The van der Waals surface area contributed by atoms with Crippen LogP contribution in [0.25, 0.3) is 0 Å². The van der Waals surface area contributed by atoms with Gasteiger partial charge in [0.1, 0.15) is 0 Å². The van der Waals surface area contributed by atoms with Gasteiger partial charge in [-0.15, -0.1) is 0 Å². The predicted molar refractivity (Wildman–Crippen MR) is 74.5 cm³/mol. The lowest BCUT2D eigenvalue weighted by molar-refractivity contribution is 0.379. The van der Waals surface area contributed by atoms with E-state index in [2.05, 4.69) is 21.0 Å². The predicted octanol–water partition coefficient (Wildman–Crippen LogP) is 1.51. The van der Waals surface area contributed by atoms with Gasteiger partial charge in [0.05, 0.1) is 19.6 Å². The smallest absolute Gasteiger partial charge is 0.322 e. The molecular formula is C13H14N6O. The molecule has 0 fully saturated rings. The summed E-state index contributed by atoms with van der Waals surface area (Å²) in [7, 11) is 1.46. The molecule has 1 aromatic heterocycles. The van der Waals surface area contributed by atoms with Crippen LogP contribution in [0.2, 0.25) is 0 Å². The molecule has 7 heteroatoms. The van der Waals surface area contributed by atoms with Crippen molar-refractivity contribution in [1.29, 1.82) is 5.26 Å². The Labute approximate surface area is 116 Å². The van der Waals surface area contributed by atoms with E-state index >= 15 is 0 Å². The Kier molecular flexibility index (Phi) is 4.29. The van der Waals surface area contributed by atoms with E-state index in [1.54, 1.807) is 4.90 Å². The first-order chi connectivity index (χ1) is 9.74. The molecule has 0 saturated heterocycles. The van der Waals surface area contributed by atoms with E-state index in [-0.39, 0.29) is 12.0 Å². The highest BCUT2D eigenvalue weighted by Gasteiger charge is 2.14. The zero-order valence-electron chi connectivity index (χ0n) is 11.0. The number of aromatic nitrogens is 3. The van der Waals surface area contributed by atoms with E-state index in [9.17, 15) is 0 Å². The molecule has 0 spiro atoms. The molecular weight excluding hydrogens is 256 g/mol. The van der Waals surface area contributed by atoms with E-state index in [0.29, 0.717) is 18.9 Å². The van der Waals surface area contributed by atoms with Crippen LogP contribution in [0.5, 0.6) is 6.01 Å². The Bertz CT molecular complexity index is 610. The maximum atomic E-state index is 8.79. The van der Waals surface area contributed by atoms with Crippen molar-refractivity contribution in [2.24, 2.45) is 0 Å². The monoisotopic (exact) mass is 270 g/mol. The van der Waals surface area contributed by atoms with Crippen LogP contribution in [0, 0.1) is 11.3 Å². The van der Waals surface area contributed by atoms with Crippen LogP contribution in [-0.2, 0) is 0 Å². The summed E-state index contributed by atoms with van der Waals surface area (Å²) >= 11 is 0. The number of ether oxygens (including phenoxy) is 1. The molecule has 0 radical (unpaired) electrons. The molecule has 0 saturated carbocycles. The lowest BCUT2D eigenvalue weighted by atomic mass is 10.3. The summed E-state index contributed by atoms with van der Waals surface area (Å²) in [6, 6.07) is 11.8. The van der Waals surface area contributed by atoms with Crippen LogP contribution < -0.4 is 15.4 Å². The van der Waals surface area contributed by atoms with Crippen molar-refractivity contribution < 1.29 is 4.74 Å². The molecule has 2 rings (SSSR count). The molecule has 2 aromatic rings. The minimum Gasteiger partial charge on any atom is -0.467 e. The number of benzene rings is 1. The van der Waals surface area contributed by atoms with Crippen LogP contribution in [0.4, 0.5) is 17.6 Å². The lowest BCUT2D eigenvalue weighted by Crippen LogP contribution is -2.21. The summed E-state index contributed by atoms with van der Waals surface area (Å²) in [5, 5.41) is 8.79. The molecule has 0 aliphatic carbocycles. The van der Waals surface area contributed by atoms with Gasteiger partial charge in [-0.2, -0.15) is 20.2 Å². The van der Waals surface area contributed by atoms with Crippen molar-refractivity contribution in [2.45, 2.75) is 6.42 Å². The summed E-state index contributed by atoms with van der Waals surface area (Å²) < 4.78 is 4.99. The summed E-state index contributed by atoms with van der Waals surface area (Å²) in [4.78, 5) is 13.9. The third-order valence-electron chi connectivity index (χ3n) is 2.56. The minimum absolute atomic E-state index is 0.0738. The maximum absolute atomic E-state index is 8.79. The van der Waals surface area contributed by atoms with Gasteiger partial charge in [0.15, 0.2) is 0 Å². The normalized spacial score (nSPS) is 9.80. The second-order valence-electron chi connectivity index (χ2n) is 3.88. The zero-order valence-corrected chi connectivity index (χ0v) is 11.0. The number of rotatable bonds is 5. The van der Waals surface area contributed by atoms with Crippen LogP contribution in [0.15, 0.2) is 30.3 Å². The number of nitrogens with zero attached hydrogens (tertiary/aromatic N) is 5. The fourth-order valence-corrected chi connectivity index (χ4v) is 1.69. The molecule has 7 nitrogen and oxygen atoms in total. The number of para-hydroxylation sites is 1. The molecule has 102 valence electrons. The largest absolute Gasteiger partial charge is 0.467 e. The van der Waals surface area contributed by atoms with Crippen molar-refractivity contribution in [3.05, 3.63) is 30.3 Å². The SMILES string of the molecule is COc1nc(N)nc(N(CCC#N)c2ccccc2)n1. The molecule has 0 unspecified atom stereocenters. The third-order valence-corrected chi connectivity index (χ3v) is 2.56. The Morgan fingerprint density at radius 3 is 2.65 bits per heavy atom. The number of nitrogen functional groups attached to an aromatic ring is 1. The second kappa shape index (κ2) is 6.33. The van der Waals surface area contributed by atoms with Gasteiger partial charge in [0.2, 0.25) is 11.9 Å². The highest BCUT2D eigenvalue weighted by molar-refractivity contribution is 5.57. The fourth-order valence-electron chi connectivity index (χ4n) is 1.69. The first-order valence-corrected chi connectivity index (χ1v) is 5.99. The Balaban J connectivity index is 2.41. The summed E-state index contributed by atoms with van der Waals surface area (Å²) in [5.41, 5.74) is 6.52. The Hall–Kier alpha value is -2.88. The molecule has 1 heterocycles. The van der Waals surface area contributed by atoms with Crippen LogP contribution in [-0.4, -0.2) is 28.6 Å². The van der Waals surface area contributed by atoms with E-state index in [0.717, 1.165) is 5.69 Å². The van der Waals surface area contributed by atoms with Gasteiger partial charge in [-0.05, 0) is 12.1 Å². The number of nitrogens with two attached hydrogens (primary N) is 1. The van der Waals surface area contributed by atoms with E-state index in [1.165, 1.54) is 7.11 Å². The summed E-state index contributed by atoms with van der Waals surface area (Å²) in [6.45, 7) is 0.452. The molecule has 0 aliphatic rings. The number of hydrogen-bond acceptors (Lipinski definition) is 7. The third kappa shape index (κ3) is 3.11. The molecule has 2 N–H and O–H groups in total. The summed E-state index contributed by atoms with van der Waals surface area (Å²) in [5.74, 6) is 0.431. The van der Waals surface area contributed by atoms with Gasteiger partial charge >= 0.3 is 6.01 Å². The van der Waals surface area contributed by atoms with Gasteiger partial charge in [0, 0.05) is 12.2 Å².